The molecule has 0 fully saturated rings. The van der Waals surface area contributed by atoms with Gasteiger partial charge in [0, 0.05) is 17.6 Å². The van der Waals surface area contributed by atoms with E-state index in [0.29, 0.717) is 18.0 Å². The normalized spacial score (nSPS) is 11.3. The van der Waals surface area contributed by atoms with Crippen molar-refractivity contribution >= 4 is 27.0 Å². The number of hydrogen-bond acceptors (Lipinski definition) is 6. The zero-order chi connectivity index (χ0) is 15.4. The van der Waals surface area contributed by atoms with Gasteiger partial charge in [-0.05, 0) is 12.1 Å². The van der Waals surface area contributed by atoms with E-state index in [0.717, 1.165) is 5.69 Å². The lowest BCUT2D eigenvalue weighted by atomic mass is 10.3. The molecule has 0 aliphatic carbocycles. The Labute approximate surface area is 131 Å². The Morgan fingerprint density at radius 1 is 1.36 bits per heavy atom. The predicted molar refractivity (Wildman–Crippen MR) is 82.3 cm³/mol. The van der Waals surface area contributed by atoms with Crippen molar-refractivity contribution < 1.29 is 13.2 Å². The molecule has 3 aromatic rings. The molecular weight excluding hydrogens is 324 g/mol. The van der Waals surface area contributed by atoms with Gasteiger partial charge in [0.15, 0.2) is 0 Å². The summed E-state index contributed by atoms with van der Waals surface area (Å²) in [7, 11) is -3.65. The maximum absolute atomic E-state index is 12.1. The summed E-state index contributed by atoms with van der Waals surface area (Å²) in [6.07, 6.45) is 2.55. The molecule has 0 radical (unpaired) electrons. The SMILES string of the molecule is O=S(=O)(Nc1cccc(OCc2cscn2)c1)c1cn[nH]c1. The topological polar surface area (TPSA) is 97.0 Å². The molecule has 2 N–H and O–H groups in total. The van der Waals surface area contributed by atoms with Gasteiger partial charge in [0.1, 0.15) is 17.3 Å². The van der Waals surface area contributed by atoms with Gasteiger partial charge < -0.3 is 4.74 Å². The van der Waals surface area contributed by atoms with Gasteiger partial charge in [0.05, 0.1) is 23.1 Å². The summed E-state index contributed by atoms with van der Waals surface area (Å²) in [6.45, 7) is 0.335. The van der Waals surface area contributed by atoms with E-state index in [4.69, 9.17) is 4.74 Å². The summed E-state index contributed by atoms with van der Waals surface area (Å²) < 4.78 is 32.3. The summed E-state index contributed by atoms with van der Waals surface area (Å²) in [5.41, 5.74) is 2.97. The van der Waals surface area contributed by atoms with Crippen molar-refractivity contribution in [2.75, 3.05) is 4.72 Å². The smallest absolute Gasteiger partial charge is 0.265 e. The van der Waals surface area contributed by atoms with Crippen LogP contribution in [0.25, 0.3) is 0 Å². The maximum Gasteiger partial charge on any atom is 0.265 e. The Morgan fingerprint density at radius 3 is 3.00 bits per heavy atom. The second-order valence-electron chi connectivity index (χ2n) is 4.34. The van der Waals surface area contributed by atoms with E-state index in [-0.39, 0.29) is 4.90 Å². The number of thiazole rings is 1. The van der Waals surface area contributed by atoms with Crippen LogP contribution in [-0.4, -0.2) is 23.6 Å². The highest BCUT2D eigenvalue weighted by atomic mass is 32.2. The number of sulfonamides is 1. The minimum absolute atomic E-state index is 0.0706. The van der Waals surface area contributed by atoms with E-state index < -0.39 is 10.0 Å². The van der Waals surface area contributed by atoms with Gasteiger partial charge in [-0.2, -0.15) is 5.10 Å². The Balaban J connectivity index is 1.71. The van der Waals surface area contributed by atoms with E-state index in [1.807, 2.05) is 5.38 Å². The quantitative estimate of drug-likeness (QED) is 0.719. The highest BCUT2D eigenvalue weighted by Gasteiger charge is 2.15. The standard InChI is InChI=1S/C13H12N4O3S2/c18-22(19,13-5-15-16-6-13)17-10-2-1-3-12(4-10)20-7-11-8-21-9-14-11/h1-6,8-9,17H,7H2,(H,15,16). The van der Waals surface area contributed by atoms with E-state index in [9.17, 15) is 8.42 Å². The minimum atomic E-state index is -3.65. The highest BCUT2D eigenvalue weighted by Crippen LogP contribution is 2.21. The van der Waals surface area contributed by atoms with Crippen LogP contribution in [0.3, 0.4) is 0 Å². The van der Waals surface area contributed by atoms with Gasteiger partial charge in [0.2, 0.25) is 0 Å². The third-order valence-electron chi connectivity index (χ3n) is 2.74. The molecule has 114 valence electrons. The highest BCUT2D eigenvalue weighted by molar-refractivity contribution is 7.92. The second-order valence-corrected chi connectivity index (χ2v) is 6.74. The van der Waals surface area contributed by atoms with E-state index in [2.05, 4.69) is 19.9 Å². The van der Waals surface area contributed by atoms with E-state index in [1.165, 1.54) is 23.7 Å². The van der Waals surface area contributed by atoms with Crippen molar-refractivity contribution in [1.82, 2.24) is 15.2 Å². The summed E-state index contributed by atoms with van der Waals surface area (Å²) in [5.74, 6) is 0.556. The van der Waals surface area contributed by atoms with E-state index in [1.54, 1.807) is 29.8 Å². The summed E-state index contributed by atoms with van der Waals surface area (Å²) >= 11 is 1.49. The van der Waals surface area contributed by atoms with Crippen molar-refractivity contribution in [3.8, 4) is 5.75 Å². The van der Waals surface area contributed by atoms with Crippen LogP contribution in [-0.2, 0) is 16.6 Å². The van der Waals surface area contributed by atoms with Crippen molar-refractivity contribution in [3.63, 3.8) is 0 Å². The average Bonchev–Trinajstić information content (AvgIpc) is 3.19. The molecule has 2 aromatic heterocycles. The fraction of sp³-hybridized carbons (Fsp3) is 0.0769. The van der Waals surface area contributed by atoms with E-state index >= 15 is 0 Å². The number of aromatic nitrogens is 3. The third-order valence-corrected chi connectivity index (χ3v) is 4.72. The molecule has 0 aliphatic heterocycles. The Morgan fingerprint density at radius 2 is 2.27 bits per heavy atom. The number of benzene rings is 1. The zero-order valence-electron chi connectivity index (χ0n) is 11.3. The van der Waals surface area contributed by atoms with Gasteiger partial charge in [-0.1, -0.05) is 6.07 Å². The molecule has 0 atom stereocenters. The maximum atomic E-state index is 12.1. The Bertz CT molecular complexity index is 830. The van der Waals surface area contributed by atoms with Gasteiger partial charge in [-0.25, -0.2) is 13.4 Å². The number of ether oxygens (including phenoxy) is 1. The first-order valence-corrected chi connectivity index (χ1v) is 8.67. The fourth-order valence-electron chi connectivity index (χ4n) is 1.72. The summed E-state index contributed by atoms with van der Waals surface area (Å²) in [5, 5.41) is 7.99. The van der Waals surface area contributed by atoms with Gasteiger partial charge in [-0.3, -0.25) is 9.82 Å². The molecule has 0 saturated carbocycles. The average molecular weight is 336 g/mol. The molecule has 3 rings (SSSR count). The lowest BCUT2D eigenvalue weighted by molar-refractivity contribution is 0.302. The first-order chi connectivity index (χ1) is 10.6. The van der Waals surface area contributed by atoms with Gasteiger partial charge in [-0.15, -0.1) is 11.3 Å². The molecule has 1 aromatic carbocycles. The molecule has 2 heterocycles. The van der Waals surface area contributed by atoms with Gasteiger partial charge >= 0.3 is 0 Å². The largest absolute Gasteiger partial charge is 0.487 e. The number of aromatic amines is 1. The summed E-state index contributed by atoms with van der Waals surface area (Å²) in [4.78, 5) is 4.19. The zero-order valence-corrected chi connectivity index (χ0v) is 12.9. The third kappa shape index (κ3) is 3.43. The molecule has 0 amide bonds. The fourth-order valence-corrected chi connectivity index (χ4v) is 3.21. The van der Waals surface area contributed by atoms with Crippen LogP contribution in [0, 0.1) is 0 Å². The molecule has 9 heteroatoms. The van der Waals surface area contributed by atoms with Crippen LogP contribution in [0.1, 0.15) is 5.69 Å². The molecule has 0 spiro atoms. The van der Waals surface area contributed by atoms with Crippen LogP contribution in [0.4, 0.5) is 5.69 Å². The lowest BCUT2D eigenvalue weighted by Gasteiger charge is -2.09. The van der Waals surface area contributed by atoms with Crippen molar-refractivity contribution in [3.05, 3.63) is 53.2 Å². The lowest BCUT2D eigenvalue weighted by Crippen LogP contribution is -2.12. The Kier molecular flexibility index (Phi) is 4.07. The Hall–Kier alpha value is -2.39. The van der Waals surface area contributed by atoms with Crippen molar-refractivity contribution in [1.29, 1.82) is 0 Å². The van der Waals surface area contributed by atoms with Crippen molar-refractivity contribution in [2.45, 2.75) is 11.5 Å². The number of nitrogens with one attached hydrogen (secondary N) is 2. The molecule has 0 unspecified atom stereocenters. The molecular formula is C13H12N4O3S2. The van der Waals surface area contributed by atoms with Gasteiger partial charge in [0.25, 0.3) is 10.0 Å². The number of H-pyrrole nitrogens is 1. The molecule has 7 nitrogen and oxygen atoms in total. The van der Waals surface area contributed by atoms with Crippen LogP contribution in [0.15, 0.2) is 52.4 Å². The minimum Gasteiger partial charge on any atom is -0.487 e. The number of rotatable bonds is 6. The van der Waals surface area contributed by atoms with Crippen LogP contribution in [0.5, 0.6) is 5.75 Å². The molecule has 22 heavy (non-hydrogen) atoms. The number of hydrogen-bond donors (Lipinski definition) is 2. The van der Waals surface area contributed by atoms with Crippen molar-refractivity contribution in [2.24, 2.45) is 0 Å². The summed E-state index contributed by atoms with van der Waals surface area (Å²) in [6, 6.07) is 6.73. The second kappa shape index (κ2) is 6.16. The molecule has 0 aliphatic rings. The first-order valence-electron chi connectivity index (χ1n) is 6.25. The van der Waals surface area contributed by atoms with Crippen LogP contribution < -0.4 is 9.46 Å². The number of anilines is 1. The van der Waals surface area contributed by atoms with Crippen LogP contribution >= 0.6 is 11.3 Å². The molecule has 0 saturated heterocycles. The monoisotopic (exact) mass is 336 g/mol. The number of nitrogens with zero attached hydrogens (tertiary/aromatic N) is 2. The van der Waals surface area contributed by atoms with Crippen LogP contribution in [0.2, 0.25) is 0 Å². The predicted octanol–water partition coefficient (Wildman–Crippen LogP) is 2.25. The molecule has 0 bridgehead atoms. The first kappa shape index (κ1) is 14.5.